The Kier molecular flexibility index (Phi) is 1.87. The number of fused-ring (bicyclic) bond motifs is 5. The van der Waals surface area contributed by atoms with Crippen molar-refractivity contribution < 1.29 is 0 Å². The second kappa shape index (κ2) is 3.42. The third kappa shape index (κ3) is 1.13. The van der Waals surface area contributed by atoms with Gasteiger partial charge in [-0.3, -0.25) is 4.99 Å². The number of aromatic nitrogens is 2. The topological polar surface area (TPSA) is 30.2 Å². The summed E-state index contributed by atoms with van der Waals surface area (Å²) in [6, 6.07) is 8.49. The van der Waals surface area contributed by atoms with Crippen molar-refractivity contribution in [3.05, 3.63) is 41.6 Å². The van der Waals surface area contributed by atoms with E-state index in [2.05, 4.69) is 45.9 Å². The highest BCUT2D eigenvalue weighted by molar-refractivity contribution is 6.08. The van der Waals surface area contributed by atoms with Crippen LogP contribution in [0.1, 0.15) is 11.1 Å². The molecule has 0 amide bonds. The minimum absolute atomic E-state index is 0.780. The first-order chi connectivity index (χ1) is 8.86. The van der Waals surface area contributed by atoms with Gasteiger partial charge in [-0.1, -0.05) is 18.2 Å². The van der Waals surface area contributed by atoms with Crippen LogP contribution in [0, 0.1) is 0 Å². The average Bonchev–Trinajstić information content (AvgIpc) is 2.73. The molecule has 2 aromatic heterocycles. The van der Waals surface area contributed by atoms with Crippen molar-refractivity contribution in [1.29, 1.82) is 0 Å². The third-order valence-electron chi connectivity index (χ3n) is 3.80. The van der Waals surface area contributed by atoms with Crippen LogP contribution in [0.15, 0.2) is 35.5 Å². The molecule has 3 nitrogen and oxygen atoms in total. The SMILES string of the molecule is Cn1c2ccccc2c2c3c(cnc21)CC=NC3. The van der Waals surface area contributed by atoms with E-state index in [-0.39, 0.29) is 0 Å². The summed E-state index contributed by atoms with van der Waals surface area (Å²) in [6.07, 6.45) is 4.89. The predicted molar refractivity (Wildman–Crippen MR) is 74.1 cm³/mol. The van der Waals surface area contributed by atoms with Crippen molar-refractivity contribution >= 4 is 28.2 Å². The summed E-state index contributed by atoms with van der Waals surface area (Å²) in [5, 5.41) is 2.57. The first kappa shape index (κ1) is 9.83. The van der Waals surface area contributed by atoms with E-state index in [0.717, 1.165) is 18.6 Å². The van der Waals surface area contributed by atoms with Crippen molar-refractivity contribution in [2.24, 2.45) is 12.0 Å². The monoisotopic (exact) mass is 235 g/mol. The van der Waals surface area contributed by atoms with E-state index in [0.29, 0.717) is 0 Å². The molecule has 0 radical (unpaired) electrons. The number of aryl methyl sites for hydroxylation is 1. The van der Waals surface area contributed by atoms with E-state index >= 15 is 0 Å². The van der Waals surface area contributed by atoms with Gasteiger partial charge in [0, 0.05) is 36.7 Å². The molecule has 1 aliphatic heterocycles. The second-order valence-corrected chi connectivity index (χ2v) is 4.76. The number of benzene rings is 1. The molecular weight excluding hydrogens is 222 g/mol. The number of pyridine rings is 1. The Hall–Kier alpha value is -2.16. The van der Waals surface area contributed by atoms with Gasteiger partial charge in [-0.05, 0) is 17.2 Å². The fraction of sp³-hybridized carbons (Fsp3) is 0.200. The molecular formula is C15H13N3. The Morgan fingerprint density at radius 2 is 2.11 bits per heavy atom. The summed E-state index contributed by atoms with van der Waals surface area (Å²) in [5.41, 5.74) is 4.96. The summed E-state index contributed by atoms with van der Waals surface area (Å²) in [4.78, 5) is 9.06. The molecule has 0 unspecified atom stereocenters. The van der Waals surface area contributed by atoms with Crippen LogP contribution in [0.2, 0.25) is 0 Å². The maximum absolute atomic E-state index is 4.63. The van der Waals surface area contributed by atoms with E-state index in [9.17, 15) is 0 Å². The first-order valence-electron chi connectivity index (χ1n) is 6.18. The highest BCUT2D eigenvalue weighted by Gasteiger charge is 2.16. The van der Waals surface area contributed by atoms with Crippen LogP contribution < -0.4 is 0 Å². The van der Waals surface area contributed by atoms with Gasteiger partial charge in [0.25, 0.3) is 0 Å². The summed E-state index contributed by atoms with van der Waals surface area (Å²) in [6.45, 7) is 0.780. The third-order valence-corrected chi connectivity index (χ3v) is 3.80. The zero-order valence-corrected chi connectivity index (χ0v) is 10.2. The molecule has 3 heterocycles. The molecule has 0 N–H and O–H groups in total. The van der Waals surface area contributed by atoms with Crippen LogP contribution in [0.4, 0.5) is 0 Å². The zero-order valence-electron chi connectivity index (χ0n) is 10.2. The van der Waals surface area contributed by atoms with E-state index in [1.54, 1.807) is 0 Å². The number of rotatable bonds is 0. The molecule has 0 atom stereocenters. The van der Waals surface area contributed by atoms with Crippen molar-refractivity contribution in [2.75, 3.05) is 0 Å². The summed E-state index contributed by atoms with van der Waals surface area (Å²) < 4.78 is 2.17. The van der Waals surface area contributed by atoms with Crippen molar-refractivity contribution in [3.8, 4) is 0 Å². The standard InChI is InChI=1S/C15H13N3/c1-18-13-5-3-2-4-11(13)14-12-9-16-7-6-10(12)8-17-15(14)18/h2-5,7-8H,6,9H2,1H3. The summed E-state index contributed by atoms with van der Waals surface area (Å²) in [5.74, 6) is 0. The van der Waals surface area contributed by atoms with Gasteiger partial charge in [-0.25, -0.2) is 4.98 Å². The normalized spacial score (nSPS) is 14.3. The number of para-hydroxylation sites is 1. The van der Waals surface area contributed by atoms with Gasteiger partial charge in [0.15, 0.2) is 0 Å². The molecule has 0 saturated heterocycles. The highest BCUT2D eigenvalue weighted by atomic mass is 15.0. The second-order valence-electron chi connectivity index (χ2n) is 4.76. The lowest BCUT2D eigenvalue weighted by molar-refractivity contribution is 0.968. The molecule has 0 bridgehead atoms. The highest BCUT2D eigenvalue weighted by Crippen LogP contribution is 2.32. The van der Waals surface area contributed by atoms with E-state index in [1.165, 1.54) is 27.4 Å². The Morgan fingerprint density at radius 1 is 1.22 bits per heavy atom. The molecule has 0 fully saturated rings. The Morgan fingerprint density at radius 3 is 3.06 bits per heavy atom. The van der Waals surface area contributed by atoms with Crippen LogP contribution in [0.25, 0.3) is 21.9 Å². The molecule has 0 spiro atoms. The quantitative estimate of drug-likeness (QED) is 0.589. The lowest BCUT2D eigenvalue weighted by Gasteiger charge is -2.11. The fourth-order valence-electron chi connectivity index (χ4n) is 2.88. The van der Waals surface area contributed by atoms with Crippen LogP contribution in [-0.2, 0) is 20.0 Å². The van der Waals surface area contributed by atoms with E-state index < -0.39 is 0 Å². The summed E-state index contributed by atoms with van der Waals surface area (Å²) in [7, 11) is 2.08. The minimum Gasteiger partial charge on any atom is -0.328 e. The van der Waals surface area contributed by atoms with Crippen LogP contribution in [0.3, 0.4) is 0 Å². The smallest absolute Gasteiger partial charge is 0.141 e. The number of nitrogens with zero attached hydrogens (tertiary/aromatic N) is 3. The van der Waals surface area contributed by atoms with Gasteiger partial charge < -0.3 is 4.57 Å². The van der Waals surface area contributed by atoms with Crippen LogP contribution in [-0.4, -0.2) is 15.8 Å². The van der Waals surface area contributed by atoms with Gasteiger partial charge in [-0.15, -0.1) is 0 Å². The molecule has 18 heavy (non-hydrogen) atoms. The Balaban J connectivity index is 2.26. The van der Waals surface area contributed by atoms with Gasteiger partial charge in [0.05, 0.1) is 12.1 Å². The number of hydrogen-bond acceptors (Lipinski definition) is 2. The van der Waals surface area contributed by atoms with Gasteiger partial charge in [0.2, 0.25) is 0 Å². The molecule has 88 valence electrons. The van der Waals surface area contributed by atoms with Gasteiger partial charge in [0.1, 0.15) is 5.65 Å². The minimum atomic E-state index is 0.780. The first-order valence-corrected chi connectivity index (χ1v) is 6.18. The zero-order chi connectivity index (χ0) is 12.1. The van der Waals surface area contributed by atoms with E-state index in [1.807, 2.05) is 12.4 Å². The molecule has 3 heteroatoms. The molecule has 1 aliphatic rings. The van der Waals surface area contributed by atoms with Crippen LogP contribution in [0.5, 0.6) is 0 Å². The predicted octanol–water partition coefficient (Wildman–Crippen LogP) is 2.85. The summed E-state index contributed by atoms with van der Waals surface area (Å²) >= 11 is 0. The molecule has 0 saturated carbocycles. The molecule has 4 rings (SSSR count). The van der Waals surface area contributed by atoms with E-state index in [4.69, 9.17) is 0 Å². The average molecular weight is 235 g/mol. The molecule has 1 aromatic carbocycles. The largest absolute Gasteiger partial charge is 0.328 e. The molecule has 3 aromatic rings. The Labute approximate surface area is 105 Å². The number of hydrogen-bond donors (Lipinski definition) is 0. The van der Waals surface area contributed by atoms with Crippen LogP contribution >= 0.6 is 0 Å². The Bertz CT molecular complexity index is 796. The lowest BCUT2D eigenvalue weighted by Crippen LogP contribution is -2.03. The molecule has 0 aliphatic carbocycles. The van der Waals surface area contributed by atoms with Crippen molar-refractivity contribution in [2.45, 2.75) is 13.0 Å². The maximum Gasteiger partial charge on any atom is 0.141 e. The van der Waals surface area contributed by atoms with Crippen molar-refractivity contribution in [3.63, 3.8) is 0 Å². The fourth-order valence-corrected chi connectivity index (χ4v) is 2.88. The van der Waals surface area contributed by atoms with Gasteiger partial charge >= 0.3 is 0 Å². The number of aliphatic imine (C=N–C) groups is 1. The van der Waals surface area contributed by atoms with Gasteiger partial charge in [-0.2, -0.15) is 0 Å². The van der Waals surface area contributed by atoms with Crippen molar-refractivity contribution in [1.82, 2.24) is 9.55 Å². The lowest BCUT2D eigenvalue weighted by atomic mass is 10.0. The maximum atomic E-state index is 4.63.